The summed E-state index contributed by atoms with van der Waals surface area (Å²) in [5.74, 6) is -0.800. The molecule has 1 unspecified atom stereocenters. The predicted octanol–water partition coefficient (Wildman–Crippen LogP) is 3.66. The third-order valence-electron chi connectivity index (χ3n) is 2.85. The van der Waals surface area contributed by atoms with Crippen LogP contribution in [0.5, 0.6) is 0 Å². The van der Waals surface area contributed by atoms with Crippen LogP contribution >= 0.6 is 0 Å². The van der Waals surface area contributed by atoms with Crippen LogP contribution in [-0.4, -0.2) is 13.1 Å². The molecule has 0 radical (unpaired) electrons. The van der Waals surface area contributed by atoms with Gasteiger partial charge in [0, 0.05) is 0 Å². The minimum Gasteiger partial charge on any atom is -0.469 e. The van der Waals surface area contributed by atoms with Crippen molar-refractivity contribution in [2.75, 3.05) is 7.11 Å². The van der Waals surface area contributed by atoms with Gasteiger partial charge in [0.2, 0.25) is 0 Å². The number of unbranched alkanes of at least 4 members (excludes halogenated alkanes) is 2. The first-order valence-electron chi connectivity index (χ1n) is 6.02. The highest BCUT2D eigenvalue weighted by molar-refractivity contribution is 5.77. The van der Waals surface area contributed by atoms with Crippen molar-refractivity contribution in [2.24, 2.45) is 0 Å². The van der Waals surface area contributed by atoms with Gasteiger partial charge in [-0.3, -0.25) is 4.79 Å². The van der Waals surface area contributed by atoms with E-state index in [1.165, 1.54) is 19.2 Å². The number of hydrogen-bond acceptors (Lipinski definition) is 2. The van der Waals surface area contributed by atoms with Crippen molar-refractivity contribution in [3.8, 4) is 0 Å². The smallest absolute Gasteiger partial charge is 0.313 e. The molecule has 0 N–H and O–H groups in total. The summed E-state index contributed by atoms with van der Waals surface area (Å²) >= 11 is 0. The molecule has 17 heavy (non-hydrogen) atoms. The zero-order valence-corrected chi connectivity index (χ0v) is 10.4. The highest BCUT2D eigenvalue weighted by Gasteiger charge is 2.20. The molecule has 0 aliphatic heterocycles. The van der Waals surface area contributed by atoms with Gasteiger partial charge in [-0.15, -0.1) is 0 Å². The lowest BCUT2D eigenvalue weighted by molar-refractivity contribution is -0.142. The van der Waals surface area contributed by atoms with E-state index >= 15 is 0 Å². The van der Waals surface area contributed by atoms with Crippen molar-refractivity contribution in [3.63, 3.8) is 0 Å². The molecule has 1 rings (SSSR count). The van der Waals surface area contributed by atoms with Crippen molar-refractivity contribution in [1.29, 1.82) is 0 Å². The van der Waals surface area contributed by atoms with Crippen molar-refractivity contribution in [1.82, 2.24) is 0 Å². The molecule has 0 aliphatic carbocycles. The Morgan fingerprint density at radius 1 is 1.29 bits per heavy atom. The first-order valence-corrected chi connectivity index (χ1v) is 6.02. The van der Waals surface area contributed by atoms with Gasteiger partial charge in [-0.1, -0.05) is 38.3 Å². The van der Waals surface area contributed by atoms with Gasteiger partial charge in [-0.2, -0.15) is 0 Å². The maximum absolute atomic E-state index is 12.8. The molecule has 94 valence electrons. The summed E-state index contributed by atoms with van der Waals surface area (Å²) in [6.07, 6.45) is 3.94. The van der Waals surface area contributed by atoms with E-state index in [-0.39, 0.29) is 17.7 Å². The summed E-state index contributed by atoms with van der Waals surface area (Å²) in [7, 11) is 1.39. The summed E-state index contributed by atoms with van der Waals surface area (Å²) in [5, 5.41) is 0. The van der Waals surface area contributed by atoms with E-state index in [1.54, 1.807) is 12.1 Å². The predicted molar refractivity (Wildman–Crippen MR) is 65.3 cm³/mol. The number of carbonyl (C=O) groups excluding carboxylic acids is 1. The fourth-order valence-electron chi connectivity index (χ4n) is 1.86. The Kier molecular flexibility index (Phi) is 5.67. The van der Waals surface area contributed by atoms with Gasteiger partial charge in [-0.05, 0) is 24.1 Å². The Balaban J connectivity index is 2.74. The topological polar surface area (TPSA) is 26.3 Å². The molecule has 1 atom stereocenters. The van der Waals surface area contributed by atoms with Gasteiger partial charge in [0.25, 0.3) is 0 Å². The average Bonchev–Trinajstić information content (AvgIpc) is 2.35. The zero-order chi connectivity index (χ0) is 12.7. The van der Waals surface area contributed by atoms with Crippen LogP contribution in [0.4, 0.5) is 4.39 Å². The van der Waals surface area contributed by atoms with E-state index in [4.69, 9.17) is 4.74 Å². The Morgan fingerprint density at radius 2 is 1.94 bits per heavy atom. The van der Waals surface area contributed by atoms with Crippen LogP contribution < -0.4 is 0 Å². The highest BCUT2D eigenvalue weighted by Crippen LogP contribution is 2.24. The van der Waals surface area contributed by atoms with Crippen LogP contribution in [0, 0.1) is 5.82 Å². The average molecular weight is 238 g/mol. The standard InChI is InChI=1S/C14H19FO2/c1-3-4-5-6-13(14(16)17-2)11-7-9-12(15)10-8-11/h7-10,13H,3-6H2,1-2H3. The molecular formula is C14H19FO2. The molecule has 0 saturated carbocycles. The number of carbonyl (C=O) groups is 1. The fraction of sp³-hybridized carbons (Fsp3) is 0.500. The largest absolute Gasteiger partial charge is 0.469 e. The van der Waals surface area contributed by atoms with E-state index in [0.717, 1.165) is 31.2 Å². The molecule has 0 aliphatic rings. The van der Waals surface area contributed by atoms with Crippen molar-refractivity contribution < 1.29 is 13.9 Å². The van der Waals surface area contributed by atoms with Crippen LogP contribution in [0.3, 0.4) is 0 Å². The van der Waals surface area contributed by atoms with Gasteiger partial charge in [0.1, 0.15) is 5.82 Å². The number of ether oxygens (including phenoxy) is 1. The fourth-order valence-corrected chi connectivity index (χ4v) is 1.86. The van der Waals surface area contributed by atoms with Gasteiger partial charge < -0.3 is 4.74 Å². The summed E-state index contributed by atoms with van der Waals surface area (Å²) in [6, 6.07) is 6.07. The second kappa shape index (κ2) is 7.05. The van der Waals surface area contributed by atoms with Crippen molar-refractivity contribution in [3.05, 3.63) is 35.6 Å². The molecule has 1 aromatic carbocycles. The molecule has 0 aromatic heterocycles. The van der Waals surface area contributed by atoms with Crippen LogP contribution in [0.1, 0.15) is 44.1 Å². The Labute approximate surface area is 102 Å². The lowest BCUT2D eigenvalue weighted by Crippen LogP contribution is -2.14. The van der Waals surface area contributed by atoms with Gasteiger partial charge in [0.15, 0.2) is 0 Å². The van der Waals surface area contributed by atoms with E-state index in [9.17, 15) is 9.18 Å². The maximum Gasteiger partial charge on any atom is 0.313 e. The van der Waals surface area contributed by atoms with E-state index in [2.05, 4.69) is 6.92 Å². The lowest BCUT2D eigenvalue weighted by Gasteiger charge is -2.14. The summed E-state index contributed by atoms with van der Waals surface area (Å²) in [6.45, 7) is 2.12. The number of hydrogen-bond donors (Lipinski definition) is 0. The lowest BCUT2D eigenvalue weighted by atomic mass is 9.93. The van der Waals surface area contributed by atoms with Gasteiger partial charge in [0.05, 0.1) is 13.0 Å². The minimum atomic E-state index is -0.286. The van der Waals surface area contributed by atoms with Crippen LogP contribution in [0.25, 0.3) is 0 Å². The van der Waals surface area contributed by atoms with Crippen LogP contribution in [-0.2, 0) is 9.53 Å². The van der Waals surface area contributed by atoms with E-state index in [0.29, 0.717) is 0 Å². The molecule has 2 nitrogen and oxygen atoms in total. The molecule has 0 fully saturated rings. The van der Waals surface area contributed by atoms with Crippen molar-refractivity contribution >= 4 is 5.97 Å². The van der Waals surface area contributed by atoms with Gasteiger partial charge in [-0.25, -0.2) is 4.39 Å². The number of halogens is 1. The SMILES string of the molecule is CCCCCC(C(=O)OC)c1ccc(F)cc1. The van der Waals surface area contributed by atoms with Crippen molar-refractivity contribution in [2.45, 2.75) is 38.5 Å². The normalized spacial score (nSPS) is 12.2. The third-order valence-corrected chi connectivity index (χ3v) is 2.85. The Morgan fingerprint density at radius 3 is 2.47 bits per heavy atom. The second-order valence-corrected chi connectivity index (χ2v) is 4.12. The van der Waals surface area contributed by atoms with Gasteiger partial charge >= 0.3 is 5.97 Å². The number of benzene rings is 1. The summed E-state index contributed by atoms with van der Waals surface area (Å²) in [5.41, 5.74) is 0.828. The monoisotopic (exact) mass is 238 g/mol. The number of esters is 1. The molecule has 3 heteroatoms. The Hall–Kier alpha value is -1.38. The minimum absolute atomic E-state index is 0.243. The molecule has 0 spiro atoms. The molecule has 0 saturated heterocycles. The molecule has 0 amide bonds. The van der Waals surface area contributed by atoms with Crippen LogP contribution in [0.15, 0.2) is 24.3 Å². The molecule has 0 heterocycles. The number of methoxy groups -OCH3 is 1. The summed E-state index contributed by atoms with van der Waals surface area (Å²) in [4.78, 5) is 11.7. The molecule has 1 aromatic rings. The van der Waals surface area contributed by atoms with E-state index in [1.807, 2.05) is 0 Å². The zero-order valence-electron chi connectivity index (χ0n) is 10.4. The Bertz CT molecular complexity index is 346. The molecular weight excluding hydrogens is 219 g/mol. The first kappa shape index (κ1) is 13.7. The second-order valence-electron chi connectivity index (χ2n) is 4.12. The number of rotatable bonds is 6. The van der Waals surface area contributed by atoms with E-state index < -0.39 is 0 Å². The quantitative estimate of drug-likeness (QED) is 0.558. The highest BCUT2D eigenvalue weighted by atomic mass is 19.1. The molecule has 0 bridgehead atoms. The van der Waals surface area contributed by atoms with Crippen LogP contribution in [0.2, 0.25) is 0 Å². The maximum atomic E-state index is 12.8. The first-order chi connectivity index (χ1) is 8.19. The summed E-state index contributed by atoms with van der Waals surface area (Å²) < 4.78 is 17.6. The third kappa shape index (κ3) is 4.17.